The van der Waals surface area contributed by atoms with E-state index in [0.29, 0.717) is 19.4 Å². The van der Waals surface area contributed by atoms with Crippen LogP contribution in [0.25, 0.3) is 0 Å². The van der Waals surface area contributed by atoms with Crippen LogP contribution < -0.4 is 0 Å². The van der Waals surface area contributed by atoms with Crippen molar-refractivity contribution in [2.45, 2.75) is 38.6 Å². The molecule has 0 N–H and O–H groups in total. The summed E-state index contributed by atoms with van der Waals surface area (Å²) >= 11 is 0. The molecule has 0 bridgehead atoms. The van der Waals surface area contributed by atoms with Crippen molar-refractivity contribution >= 4 is 11.8 Å². The zero-order valence-electron chi connectivity index (χ0n) is 16.1. The van der Waals surface area contributed by atoms with Gasteiger partial charge in [-0.25, -0.2) is 0 Å². The summed E-state index contributed by atoms with van der Waals surface area (Å²) in [5, 5.41) is 0. The number of likely N-dealkylation sites (tertiary alicyclic amines) is 2. The molecule has 0 unspecified atom stereocenters. The van der Waals surface area contributed by atoms with Crippen LogP contribution in [0.2, 0.25) is 0 Å². The summed E-state index contributed by atoms with van der Waals surface area (Å²) in [6.45, 7) is 2.91. The monoisotopic (exact) mass is 378 g/mol. The van der Waals surface area contributed by atoms with Gasteiger partial charge in [0.1, 0.15) is 0 Å². The highest BCUT2D eigenvalue weighted by Crippen LogP contribution is 2.39. The van der Waals surface area contributed by atoms with Crippen molar-refractivity contribution in [3.05, 3.63) is 60.2 Å². The molecule has 4 rings (SSSR count). The fourth-order valence-electron chi connectivity index (χ4n) is 4.50. The van der Waals surface area contributed by atoms with E-state index in [0.717, 1.165) is 50.0 Å². The molecule has 2 aromatic rings. The molecule has 2 fully saturated rings. The number of hydrogen-bond acceptors (Lipinski definition) is 4. The summed E-state index contributed by atoms with van der Waals surface area (Å²) in [6, 6.07) is 7.71. The minimum absolute atomic E-state index is 0.0209. The van der Waals surface area contributed by atoms with E-state index in [9.17, 15) is 9.59 Å². The van der Waals surface area contributed by atoms with Crippen molar-refractivity contribution in [1.29, 1.82) is 0 Å². The molecule has 6 heteroatoms. The Hall–Kier alpha value is -2.76. The molecule has 2 saturated heterocycles. The zero-order chi connectivity index (χ0) is 19.4. The number of carbonyl (C=O) groups is 2. The van der Waals surface area contributed by atoms with Crippen molar-refractivity contribution in [2.75, 3.05) is 19.6 Å². The predicted octanol–water partition coefficient (Wildman–Crippen LogP) is 2.45. The van der Waals surface area contributed by atoms with Crippen molar-refractivity contribution in [3.63, 3.8) is 0 Å². The van der Waals surface area contributed by atoms with Gasteiger partial charge in [0, 0.05) is 62.8 Å². The SMILES string of the molecule is O=C(Cc1ccncc1)N1CCC[C@@]2(CCC(=O)N(Cc3ccncc3)C2)C1. The van der Waals surface area contributed by atoms with Crippen LogP contribution >= 0.6 is 0 Å². The molecule has 0 radical (unpaired) electrons. The third-order valence-electron chi connectivity index (χ3n) is 5.99. The molecule has 1 atom stereocenters. The summed E-state index contributed by atoms with van der Waals surface area (Å²) in [7, 11) is 0. The van der Waals surface area contributed by atoms with E-state index >= 15 is 0 Å². The van der Waals surface area contributed by atoms with Gasteiger partial charge in [-0.1, -0.05) is 0 Å². The Morgan fingerprint density at radius 2 is 1.64 bits per heavy atom. The maximum atomic E-state index is 12.8. The van der Waals surface area contributed by atoms with E-state index in [1.807, 2.05) is 34.1 Å². The first-order valence-electron chi connectivity index (χ1n) is 9.97. The molecule has 2 aliphatic rings. The lowest BCUT2D eigenvalue weighted by atomic mass is 9.73. The van der Waals surface area contributed by atoms with Crippen molar-refractivity contribution < 1.29 is 9.59 Å². The zero-order valence-corrected chi connectivity index (χ0v) is 16.1. The standard InChI is InChI=1S/C22H26N4O2/c27-20-2-8-22(17-26(20)15-19-5-11-24-12-6-19)7-1-13-25(16-22)21(28)14-18-3-9-23-10-4-18/h3-6,9-12H,1-2,7-8,13-17H2/t22-/m1/s1. The number of rotatable bonds is 4. The lowest BCUT2D eigenvalue weighted by molar-refractivity contribution is -0.143. The Kier molecular flexibility index (Phi) is 5.37. The van der Waals surface area contributed by atoms with E-state index in [1.165, 1.54) is 0 Å². The van der Waals surface area contributed by atoms with Gasteiger partial charge in [0.2, 0.25) is 11.8 Å². The molecule has 0 aliphatic carbocycles. The smallest absolute Gasteiger partial charge is 0.227 e. The molecule has 146 valence electrons. The first-order valence-corrected chi connectivity index (χ1v) is 9.97. The molecule has 2 amide bonds. The summed E-state index contributed by atoms with van der Waals surface area (Å²) < 4.78 is 0. The van der Waals surface area contributed by atoms with Gasteiger partial charge in [-0.15, -0.1) is 0 Å². The van der Waals surface area contributed by atoms with Gasteiger partial charge < -0.3 is 9.80 Å². The molecule has 2 aromatic heterocycles. The second-order valence-electron chi connectivity index (χ2n) is 8.06. The predicted molar refractivity (Wildman–Crippen MR) is 105 cm³/mol. The number of aromatic nitrogens is 2. The second-order valence-corrected chi connectivity index (χ2v) is 8.06. The van der Waals surface area contributed by atoms with E-state index in [2.05, 4.69) is 9.97 Å². The molecule has 4 heterocycles. The normalized spacial score (nSPS) is 22.5. The van der Waals surface area contributed by atoms with Crippen molar-refractivity contribution in [2.24, 2.45) is 5.41 Å². The maximum absolute atomic E-state index is 12.8. The van der Waals surface area contributed by atoms with Crippen LogP contribution in [0, 0.1) is 5.41 Å². The summed E-state index contributed by atoms with van der Waals surface area (Å²) in [6.07, 6.45) is 10.9. The van der Waals surface area contributed by atoms with Crippen LogP contribution in [-0.2, 0) is 22.6 Å². The number of amides is 2. The number of hydrogen-bond donors (Lipinski definition) is 0. The second kappa shape index (κ2) is 8.09. The van der Waals surface area contributed by atoms with E-state index < -0.39 is 0 Å². The largest absolute Gasteiger partial charge is 0.342 e. The number of carbonyl (C=O) groups excluding carboxylic acids is 2. The third kappa shape index (κ3) is 4.21. The quantitative estimate of drug-likeness (QED) is 0.820. The van der Waals surface area contributed by atoms with Crippen LogP contribution in [0.1, 0.15) is 36.8 Å². The Balaban J connectivity index is 1.43. The summed E-state index contributed by atoms with van der Waals surface area (Å²) in [5.74, 6) is 0.380. The summed E-state index contributed by atoms with van der Waals surface area (Å²) in [5.41, 5.74) is 2.12. The van der Waals surface area contributed by atoms with Crippen LogP contribution in [0.15, 0.2) is 49.1 Å². The first kappa shape index (κ1) is 18.6. The topological polar surface area (TPSA) is 66.4 Å². The van der Waals surface area contributed by atoms with Crippen LogP contribution in [0.5, 0.6) is 0 Å². The maximum Gasteiger partial charge on any atom is 0.227 e. The third-order valence-corrected chi connectivity index (χ3v) is 5.99. The van der Waals surface area contributed by atoms with Crippen LogP contribution in [-0.4, -0.2) is 51.2 Å². The van der Waals surface area contributed by atoms with Gasteiger partial charge in [0.25, 0.3) is 0 Å². The molecule has 6 nitrogen and oxygen atoms in total. The van der Waals surface area contributed by atoms with Gasteiger partial charge in [-0.05, 0) is 54.7 Å². The first-order chi connectivity index (χ1) is 13.6. The highest BCUT2D eigenvalue weighted by molar-refractivity contribution is 5.79. The highest BCUT2D eigenvalue weighted by atomic mass is 16.2. The molecular formula is C22H26N4O2. The number of nitrogens with zero attached hydrogens (tertiary/aromatic N) is 4. The number of pyridine rings is 2. The summed E-state index contributed by atoms with van der Waals surface area (Å²) in [4.78, 5) is 37.4. The molecule has 0 saturated carbocycles. The van der Waals surface area contributed by atoms with Gasteiger partial charge >= 0.3 is 0 Å². The van der Waals surface area contributed by atoms with Gasteiger partial charge in [0.15, 0.2) is 0 Å². The molecule has 1 spiro atoms. The number of piperidine rings is 2. The van der Waals surface area contributed by atoms with E-state index in [4.69, 9.17) is 0 Å². The minimum atomic E-state index is 0.0209. The Labute approximate surface area is 165 Å². The Morgan fingerprint density at radius 3 is 2.36 bits per heavy atom. The van der Waals surface area contributed by atoms with Gasteiger partial charge in [-0.3, -0.25) is 19.6 Å². The average Bonchev–Trinajstić information content (AvgIpc) is 2.73. The fraction of sp³-hybridized carbons (Fsp3) is 0.455. The highest BCUT2D eigenvalue weighted by Gasteiger charge is 2.42. The lowest BCUT2D eigenvalue weighted by Gasteiger charge is -2.48. The molecule has 28 heavy (non-hydrogen) atoms. The molecular weight excluding hydrogens is 352 g/mol. The fourth-order valence-corrected chi connectivity index (χ4v) is 4.50. The minimum Gasteiger partial charge on any atom is -0.342 e. The van der Waals surface area contributed by atoms with Gasteiger partial charge in [-0.2, -0.15) is 0 Å². The lowest BCUT2D eigenvalue weighted by Crippen LogP contribution is -2.55. The van der Waals surface area contributed by atoms with Crippen LogP contribution in [0.3, 0.4) is 0 Å². The average molecular weight is 378 g/mol. The van der Waals surface area contributed by atoms with Crippen molar-refractivity contribution in [3.8, 4) is 0 Å². The van der Waals surface area contributed by atoms with E-state index in [1.54, 1.807) is 24.8 Å². The molecule has 2 aliphatic heterocycles. The van der Waals surface area contributed by atoms with Crippen LogP contribution in [0.4, 0.5) is 0 Å². The molecule has 0 aromatic carbocycles. The van der Waals surface area contributed by atoms with E-state index in [-0.39, 0.29) is 17.2 Å². The Morgan fingerprint density at radius 1 is 0.964 bits per heavy atom. The van der Waals surface area contributed by atoms with Crippen molar-refractivity contribution in [1.82, 2.24) is 19.8 Å². The Bertz CT molecular complexity index is 827. The van der Waals surface area contributed by atoms with Gasteiger partial charge in [0.05, 0.1) is 6.42 Å².